The summed E-state index contributed by atoms with van der Waals surface area (Å²) in [5.74, 6) is -0.962. The minimum atomic E-state index is -0.962. The average molecular weight is 186 g/mol. The van der Waals surface area contributed by atoms with Gasteiger partial charge in [-0.3, -0.25) is 4.42 Å². The predicted octanol–water partition coefficient (Wildman–Crippen LogP) is 1.88. The van der Waals surface area contributed by atoms with E-state index in [-0.39, 0.29) is 5.57 Å². The van der Waals surface area contributed by atoms with Crippen molar-refractivity contribution in [3.63, 3.8) is 0 Å². The van der Waals surface area contributed by atoms with Gasteiger partial charge in [0.2, 0.25) is 0 Å². The van der Waals surface area contributed by atoms with Crippen LogP contribution in [0.15, 0.2) is 35.7 Å². The molecule has 0 aromatic rings. The lowest BCUT2D eigenvalue weighted by atomic mass is 10.2. The quantitative estimate of drug-likeness (QED) is 0.501. The Bertz CT molecular complexity index is 291. The lowest BCUT2D eigenvalue weighted by molar-refractivity contribution is -0.132. The van der Waals surface area contributed by atoms with Crippen LogP contribution in [0, 0.1) is 0 Å². The molecule has 0 atom stereocenters. The van der Waals surface area contributed by atoms with Gasteiger partial charge in [0.1, 0.15) is 0 Å². The van der Waals surface area contributed by atoms with Gasteiger partial charge in [-0.1, -0.05) is 6.08 Å². The summed E-state index contributed by atoms with van der Waals surface area (Å²) in [7, 11) is 0. The molecule has 12 heavy (non-hydrogen) atoms. The maximum Gasteiger partial charge on any atom is 0.333 e. The highest BCUT2D eigenvalue weighted by atomic mass is 35.5. The lowest BCUT2D eigenvalue weighted by Gasteiger charge is -2.15. The Kier molecular flexibility index (Phi) is 2.55. The van der Waals surface area contributed by atoms with E-state index in [2.05, 4.69) is 0 Å². The van der Waals surface area contributed by atoms with E-state index in [4.69, 9.17) is 16.9 Å². The van der Waals surface area contributed by atoms with Crippen molar-refractivity contribution >= 4 is 17.7 Å². The third-order valence-corrected chi connectivity index (χ3v) is 1.81. The molecule has 1 aliphatic rings. The topological polar surface area (TPSA) is 40.5 Å². The lowest BCUT2D eigenvalue weighted by Crippen LogP contribution is -2.10. The molecule has 0 fully saturated rings. The van der Waals surface area contributed by atoms with Crippen molar-refractivity contribution in [1.82, 2.24) is 4.42 Å². The van der Waals surface area contributed by atoms with E-state index in [0.717, 1.165) is 0 Å². The number of nitrogens with zero attached hydrogens (tertiary/aromatic N) is 1. The van der Waals surface area contributed by atoms with E-state index in [9.17, 15) is 4.79 Å². The van der Waals surface area contributed by atoms with Crippen LogP contribution < -0.4 is 0 Å². The van der Waals surface area contributed by atoms with Gasteiger partial charge < -0.3 is 5.11 Å². The molecule has 0 saturated carbocycles. The van der Waals surface area contributed by atoms with Crippen molar-refractivity contribution in [2.45, 2.75) is 6.92 Å². The Hall–Kier alpha value is -1.22. The molecule has 0 amide bonds. The highest BCUT2D eigenvalue weighted by Crippen LogP contribution is 2.18. The van der Waals surface area contributed by atoms with Crippen LogP contribution >= 0.6 is 11.8 Å². The fraction of sp³-hybridized carbons (Fsp3) is 0.125. The maximum atomic E-state index is 10.5. The molecule has 0 aromatic carbocycles. The molecular weight excluding hydrogens is 178 g/mol. The number of hydrogen-bond donors (Lipinski definition) is 1. The highest BCUT2D eigenvalue weighted by molar-refractivity contribution is 6.15. The van der Waals surface area contributed by atoms with Crippen LogP contribution in [0.2, 0.25) is 0 Å². The summed E-state index contributed by atoms with van der Waals surface area (Å²) >= 11 is 5.70. The molecule has 0 unspecified atom stereocenters. The summed E-state index contributed by atoms with van der Waals surface area (Å²) in [5.41, 5.74) is 0.720. The van der Waals surface area contributed by atoms with Crippen molar-refractivity contribution in [3.8, 4) is 0 Å². The van der Waals surface area contributed by atoms with Crippen LogP contribution in [0.4, 0.5) is 0 Å². The molecular formula is C8H8ClNO2. The SMILES string of the molecule is C/C(C(=O)O)=C1/C=CC=CN1Cl. The molecule has 0 aromatic heterocycles. The Morgan fingerprint density at radius 2 is 2.25 bits per heavy atom. The normalized spacial score (nSPS) is 19.7. The monoisotopic (exact) mass is 185 g/mol. The second kappa shape index (κ2) is 3.45. The summed E-state index contributed by atoms with van der Waals surface area (Å²) < 4.78 is 1.25. The highest BCUT2D eigenvalue weighted by Gasteiger charge is 2.12. The van der Waals surface area contributed by atoms with Gasteiger partial charge in [-0.2, -0.15) is 0 Å². The first-order chi connectivity index (χ1) is 5.63. The van der Waals surface area contributed by atoms with E-state index in [1.54, 1.807) is 24.4 Å². The van der Waals surface area contributed by atoms with E-state index >= 15 is 0 Å². The average Bonchev–Trinajstić information content (AvgIpc) is 2.04. The Morgan fingerprint density at radius 3 is 2.75 bits per heavy atom. The number of carboxylic acid groups (broad SMARTS) is 1. The summed E-state index contributed by atoms with van der Waals surface area (Å²) in [6, 6.07) is 0. The van der Waals surface area contributed by atoms with Crippen molar-refractivity contribution in [2.75, 3.05) is 0 Å². The summed E-state index contributed by atoms with van der Waals surface area (Å²) in [6.45, 7) is 1.51. The summed E-state index contributed by atoms with van der Waals surface area (Å²) in [5, 5.41) is 8.65. The van der Waals surface area contributed by atoms with Gasteiger partial charge in [0, 0.05) is 18.0 Å². The van der Waals surface area contributed by atoms with Gasteiger partial charge in [-0.25, -0.2) is 4.79 Å². The molecule has 0 aliphatic carbocycles. The number of allylic oxidation sites excluding steroid dienone is 3. The zero-order valence-corrected chi connectivity index (χ0v) is 7.25. The largest absolute Gasteiger partial charge is 0.478 e. The fourth-order valence-electron chi connectivity index (χ4n) is 0.818. The van der Waals surface area contributed by atoms with Crippen molar-refractivity contribution in [3.05, 3.63) is 35.7 Å². The first kappa shape index (κ1) is 8.87. The molecule has 0 radical (unpaired) electrons. The molecule has 3 nitrogen and oxygen atoms in total. The minimum Gasteiger partial charge on any atom is -0.478 e. The predicted molar refractivity (Wildman–Crippen MR) is 46.3 cm³/mol. The second-order valence-electron chi connectivity index (χ2n) is 2.33. The number of carboxylic acids is 1. The Labute approximate surface area is 75.3 Å². The molecule has 1 rings (SSSR count). The molecule has 1 N–H and O–H groups in total. The first-order valence-corrected chi connectivity index (χ1v) is 3.71. The maximum absolute atomic E-state index is 10.5. The molecule has 64 valence electrons. The number of aliphatic carboxylic acids is 1. The van der Waals surface area contributed by atoms with Crippen LogP contribution in [0.5, 0.6) is 0 Å². The van der Waals surface area contributed by atoms with E-state index in [1.165, 1.54) is 11.3 Å². The molecule has 4 heteroatoms. The summed E-state index contributed by atoms with van der Waals surface area (Å²) in [6.07, 6.45) is 6.70. The van der Waals surface area contributed by atoms with Crippen molar-refractivity contribution in [2.24, 2.45) is 0 Å². The van der Waals surface area contributed by atoms with Gasteiger partial charge in [0.05, 0.1) is 11.3 Å². The summed E-state index contributed by atoms with van der Waals surface area (Å²) in [4.78, 5) is 10.5. The molecule has 0 bridgehead atoms. The minimum absolute atomic E-state index is 0.227. The van der Waals surface area contributed by atoms with Crippen molar-refractivity contribution in [1.29, 1.82) is 0 Å². The third kappa shape index (κ3) is 1.68. The van der Waals surface area contributed by atoms with Gasteiger partial charge in [0.15, 0.2) is 0 Å². The van der Waals surface area contributed by atoms with E-state index in [0.29, 0.717) is 5.70 Å². The zero-order valence-electron chi connectivity index (χ0n) is 6.49. The molecule has 1 heterocycles. The Balaban J connectivity index is 3.02. The van der Waals surface area contributed by atoms with Crippen molar-refractivity contribution < 1.29 is 9.90 Å². The van der Waals surface area contributed by atoms with Gasteiger partial charge in [0.25, 0.3) is 0 Å². The molecule has 0 spiro atoms. The fourth-order valence-corrected chi connectivity index (χ4v) is 1.07. The van der Waals surface area contributed by atoms with Crippen LogP contribution in [-0.4, -0.2) is 15.5 Å². The van der Waals surface area contributed by atoms with Crippen LogP contribution in [0.25, 0.3) is 0 Å². The van der Waals surface area contributed by atoms with Gasteiger partial charge in [-0.05, 0) is 19.1 Å². The Morgan fingerprint density at radius 1 is 1.58 bits per heavy atom. The van der Waals surface area contributed by atoms with Crippen LogP contribution in [-0.2, 0) is 4.79 Å². The first-order valence-electron chi connectivity index (χ1n) is 3.37. The number of rotatable bonds is 1. The number of halogens is 1. The van der Waals surface area contributed by atoms with E-state index < -0.39 is 5.97 Å². The third-order valence-electron chi connectivity index (χ3n) is 1.52. The van der Waals surface area contributed by atoms with Gasteiger partial charge in [-0.15, -0.1) is 0 Å². The standard InChI is InChI=1S/C8H8ClNO2/c1-6(8(11)12)7-4-2-3-5-10(7)9/h2-5H,1H3,(H,11,12)/b7-6+. The molecule has 1 aliphatic heterocycles. The zero-order chi connectivity index (χ0) is 9.14. The van der Waals surface area contributed by atoms with Crippen LogP contribution in [0.3, 0.4) is 0 Å². The smallest absolute Gasteiger partial charge is 0.333 e. The van der Waals surface area contributed by atoms with Crippen LogP contribution in [0.1, 0.15) is 6.92 Å². The molecule has 0 saturated heterocycles. The van der Waals surface area contributed by atoms with Gasteiger partial charge >= 0.3 is 5.97 Å². The number of carbonyl (C=O) groups is 1. The number of hydrogen-bond acceptors (Lipinski definition) is 2. The van der Waals surface area contributed by atoms with E-state index in [1.807, 2.05) is 0 Å². The second-order valence-corrected chi connectivity index (χ2v) is 2.69.